The van der Waals surface area contributed by atoms with E-state index in [9.17, 15) is 17.2 Å². The molecule has 6 nitrogen and oxygen atoms in total. The molecule has 11 heteroatoms. The summed E-state index contributed by atoms with van der Waals surface area (Å²) in [4.78, 5) is 7.56. The molecule has 0 fully saturated rings. The summed E-state index contributed by atoms with van der Waals surface area (Å²) >= 11 is 6.29. The molecular weight excluding hydrogens is 476 g/mol. The maximum atomic E-state index is 13.9. The van der Waals surface area contributed by atoms with Gasteiger partial charge < -0.3 is 4.43 Å². The van der Waals surface area contributed by atoms with Crippen molar-refractivity contribution in [2.24, 2.45) is 9.98 Å². The summed E-state index contributed by atoms with van der Waals surface area (Å²) in [6.45, 7) is 9.90. The quantitative estimate of drug-likeness (QED) is 0.340. The predicted octanol–water partition coefficient (Wildman–Crippen LogP) is 6.39. The summed E-state index contributed by atoms with van der Waals surface area (Å²) in [5.74, 6) is -2.22. The molecule has 0 aliphatic carbocycles. The average Bonchev–Trinajstić information content (AvgIpc) is 2.65. The lowest BCUT2D eigenvalue weighted by Crippen LogP contribution is -2.44. The molecule has 0 N–H and O–H groups in total. The second-order valence-corrected chi connectivity index (χ2v) is 16.0. The first-order chi connectivity index (χ1) is 14.6. The fourth-order valence-corrected chi connectivity index (χ4v) is 4.86. The Morgan fingerprint density at radius 1 is 1.06 bits per heavy atom. The maximum Gasteiger partial charge on any atom is 0.250 e. The molecular formula is C21H26ClF2N3O3SSi. The van der Waals surface area contributed by atoms with E-state index < -0.39 is 30.0 Å². The zero-order valence-electron chi connectivity index (χ0n) is 19.0. The van der Waals surface area contributed by atoms with Crippen molar-refractivity contribution in [3.05, 3.63) is 47.0 Å². The first-order valence-electron chi connectivity index (χ1n) is 9.64. The van der Waals surface area contributed by atoms with Crippen molar-refractivity contribution >= 4 is 47.3 Å². The van der Waals surface area contributed by atoms with Crippen molar-refractivity contribution in [2.45, 2.75) is 43.8 Å². The van der Waals surface area contributed by atoms with Crippen molar-refractivity contribution < 1.29 is 21.6 Å². The highest BCUT2D eigenvalue weighted by atomic mass is 35.5. The highest BCUT2D eigenvalue weighted by Crippen LogP contribution is 2.45. The summed E-state index contributed by atoms with van der Waals surface area (Å²) in [6.07, 6.45) is 0. The Labute approximate surface area is 193 Å². The van der Waals surface area contributed by atoms with E-state index in [4.69, 9.17) is 16.0 Å². The highest BCUT2D eigenvalue weighted by Gasteiger charge is 2.41. The van der Waals surface area contributed by atoms with Crippen LogP contribution >= 0.6 is 11.6 Å². The second kappa shape index (κ2) is 9.41. The molecule has 0 saturated carbocycles. The van der Waals surface area contributed by atoms with E-state index in [0.29, 0.717) is 0 Å². The fraction of sp³-hybridized carbons (Fsp3) is 0.381. The Balaban J connectivity index is 2.75. The molecule has 0 bridgehead atoms. The molecule has 0 aromatic heterocycles. The van der Waals surface area contributed by atoms with Gasteiger partial charge in [0.1, 0.15) is 22.3 Å². The lowest BCUT2D eigenvalue weighted by Gasteiger charge is -2.37. The van der Waals surface area contributed by atoms with Gasteiger partial charge in [0, 0.05) is 14.1 Å². The van der Waals surface area contributed by atoms with Crippen LogP contribution in [-0.2, 0) is 10.0 Å². The van der Waals surface area contributed by atoms with E-state index in [0.717, 1.165) is 10.4 Å². The number of halogens is 3. The number of sulfonamides is 1. The van der Waals surface area contributed by atoms with Gasteiger partial charge in [-0.3, -0.25) is 0 Å². The molecule has 0 aliphatic rings. The van der Waals surface area contributed by atoms with Crippen molar-refractivity contribution in [3.8, 4) is 5.75 Å². The Morgan fingerprint density at radius 2 is 1.66 bits per heavy atom. The molecule has 2 rings (SSSR count). The largest absolute Gasteiger partial charge is 0.541 e. The molecule has 32 heavy (non-hydrogen) atoms. The number of rotatable bonds is 6. The third kappa shape index (κ3) is 5.44. The van der Waals surface area contributed by atoms with Gasteiger partial charge in [-0.05, 0) is 42.4 Å². The van der Waals surface area contributed by atoms with Gasteiger partial charge in [0.05, 0.1) is 5.02 Å². The predicted molar refractivity (Wildman–Crippen MR) is 126 cm³/mol. The summed E-state index contributed by atoms with van der Waals surface area (Å²) in [7, 11) is -3.77. The van der Waals surface area contributed by atoms with E-state index in [-0.39, 0.29) is 32.1 Å². The van der Waals surface area contributed by atoms with Gasteiger partial charge in [0.25, 0.3) is 8.32 Å². The molecule has 0 radical (unpaired) electrons. The second-order valence-electron chi connectivity index (χ2n) is 8.77. The summed E-state index contributed by atoms with van der Waals surface area (Å²) in [5, 5.41) is -0.284. The number of hydrogen-bond donors (Lipinski definition) is 0. The number of hydrogen-bond acceptors (Lipinski definition) is 5. The van der Waals surface area contributed by atoms with Crippen LogP contribution in [0, 0.1) is 11.6 Å². The first kappa shape index (κ1) is 26.2. The van der Waals surface area contributed by atoms with Gasteiger partial charge in [0.15, 0.2) is 17.4 Å². The minimum atomic E-state index is -4.00. The molecule has 0 saturated heterocycles. The van der Waals surface area contributed by atoms with Crippen LogP contribution in [0.3, 0.4) is 0 Å². The number of aliphatic imine (C=N–C) groups is 2. The van der Waals surface area contributed by atoms with Gasteiger partial charge in [-0.2, -0.15) is 9.98 Å². The standard InChI is InChI=1S/C21H26ClF2N3O3SSi/c1-21(2,3)32(6,7)30-19-17(12-11-14(22)20(19)31(28,29)27(4)5)26-13-25-16-10-8-9-15(23)18(16)24/h8-12H,1-7H3. The monoisotopic (exact) mass is 501 g/mol. The zero-order valence-corrected chi connectivity index (χ0v) is 21.6. The third-order valence-corrected chi connectivity index (χ3v) is 11.9. The Morgan fingerprint density at radius 3 is 2.22 bits per heavy atom. The summed E-state index contributed by atoms with van der Waals surface area (Å²) in [6, 6.07) is 8.67. The highest BCUT2D eigenvalue weighted by molar-refractivity contribution is 7.89. The van der Waals surface area contributed by atoms with E-state index in [1.807, 2.05) is 33.9 Å². The molecule has 0 spiro atoms. The molecule has 0 unspecified atom stereocenters. The van der Waals surface area contributed by atoms with Gasteiger partial charge in [-0.1, -0.05) is 38.4 Å². The molecule has 0 aliphatic heterocycles. The third-order valence-electron chi connectivity index (χ3n) is 5.22. The molecule has 0 atom stereocenters. The molecule has 174 valence electrons. The number of nitrogens with zero attached hydrogens (tertiary/aromatic N) is 3. The summed E-state index contributed by atoms with van der Waals surface area (Å²) in [5.41, 5.74) is -0.198. The summed E-state index contributed by atoms with van der Waals surface area (Å²) < 4.78 is 60.7. The van der Waals surface area contributed by atoms with Crippen molar-refractivity contribution in [1.82, 2.24) is 4.31 Å². The topological polar surface area (TPSA) is 71.3 Å². The Bertz CT molecular complexity index is 1190. The Hall–Kier alpha value is -2.10. The SMILES string of the molecule is CN(C)S(=O)(=O)c1c(Cl)ccc(N=C=Nc2cccc(F)c2F)c1O[Si](C)(C)C(C)(C)C. The van der Waals surface area contributed by atoms with Crippen LogP contribution in [-0.4, -0.2) is 41.1 Å². The van der Waals surface area contributed by atoms with Crippen molar-refractivity contribution in [1.29, 1.82) is 0 Å². The first-order valence-corrected chi connectivity index (χ1v) is 14.4. The van der Waals surface area contributed by atoms with Crippen LogP contribution in [0.1, 0.15) is 20.8 Å². The smallest absolute Gasteiger partial charge is 0.250 e. The normalized spacial score (nSPS) is 12.5. The molecule has 2 aromatic rings. The minimum Gasteiger partial charge on any atom is -0.541 e. The van der Waals surface area contributed by atoms with Gasteiger partial charge in [-0.15, -0.1) is 0 Å². The molecule has 2 aromatic carbocycles. The van der Waals surface area contributed by atoms with Crippen LogP contribution in [0.25, 0.3) is 0 Å². The van der Waals surface area contributed by atoms with Crippen LogP contribution in [0.4, 0.5) is 20.2 Å². The van der Waals surface area contributed by atoms with Crippen LogP contribution < -0.4 is 4.43 Å². The number of benzene rings is 2. The van der Waals surface area contributed by atoms with Crippen LogP contribution in [0.5, 0.6) is 5.75 Å². The van der Waals surface area contributed by atoms with E-state index in [2.05, 4.69) is 16.0 Å². The minimum absolute atomic E-state index is 0.0276. The van der Waals surface area contributed by atoms with Gasteiger partial charge in [-0.25, -0.2) is 21.5 Å². The molecule has 0 amide bonds. The van der Waals surface area contributed by atoms with E-state index in [1.165, 1.54) is 38.4 Å². The lowest BCUT2D eigenvalue weighted by atomic mass is 10.2. The van der Waals surface area contributed by atoms with E-state index >= 15 is 0 Å². The Kier molecular flexibility index (Phi) is 7.69. The van der Waals surface area contributed by atoms with Crippen LogP contribution in [0.2, 0.25) is 23.2 Å². The maximum absolute atomic E-state index is 13.9. The van der Waals surface area contributed by atoms with Crippen LogP contribution in [0.15, 0.2) is 45.2 Å². The van der Waals surface area contributed by atoms with Crippen molar-refractivity contribution in [2.75, 3.05) is 14.1 Å². The van der Waals surface area contributed by atoms with Gasteiger partial charge in [0.2, 0.25) is 10.0 Å². The van der Waals surface area contributed by atoms with Gasteiger partial charge >= 0.3 is 0 Å². The average molecular weight is 502 g/mol. The lowest BCUT2D eigenvalue weighted by molar-refractivity contribution is 0.473. The fourth-order valence-electron chi connectivity index (χ4n) is 2.26. The molecule has 0 heterocycles. The zero-order chi connectivity index (χ0) is 24.5. The van der Waals surface area contributed by atoms with E-state index in [1.54, 1.807) is 0 Å². The van der Waals surface area contributed by atoms with Crippen molar-refractivity contribution in [3.63, 3.8) is 0 Å².